The fourth-order valence-electron chi connectivity index (χ4n) is 2.19. The zero-order valence-corrected chi connectivity index (χ0v) is 12.2. The second kappa shape index (κ2) is 6.86. The van der Waals surface area contributed by atoms with Crippen LogP contribution in [0.5, 0.6) is 0 Å². The van der Waals surface area contributed by atoms with Gasteiger partial charge in [0.2, 0.25) is 5.89 Å². The van der Waals surface area contributed by atoms with Crippen LogP contribution < -0.4 is 10.2 Å². The van der Waals surface area contributed by atoms with E-state index in [-0.39, 0.29) is 0 Å². The molecular formula is C13H25N5O. The average Bonchev–Trinajstić information content (AvgIpc) is 2.85. The maximum atomic E-state index is 5.34. The molecule has 19 heavy (non-hydrogen) atoms. The summed E-state index contributed by atoms with van der Waals surface area (Å²) in [7, 11) is 2.14. The highest BCUT2D eigenvalue weighted by Gasteiger charge is 2.19. The molecule has 108 valence electrons. The molecule has 0 saturated carbocycles. The average molecular weight is 267 g/mol. The minimum absolute atomic E-state index is 0.376. The van der Waals surface area contributed by atoms with Crippen molar-refractivity contribution in [2.75, 3.05) is 44.7 Å². The Morgan fingerprint density at radius 2 is 2.05 bits per heavy atom. The van der Waals surface area contributed by atoms with Gasteiger partial charge in [-0.1, -0.05) is 6.92 Å². The van der Waals surface area contributed by atoms with Crippen LogP contribution in [0.3, 0.4) is 0 Å². The predicted molar refractivity (Wildman–Crippen MR) is 75.5 cm³/mol. The fraction of sp³-hybridized carbons (Fsp3) is 0.846. The van der Waals surface area contributed by atoms with Crippen LogP contribution in [0.15, 0.2) is 4.52 Å². The summed E-state index contributed by atoms with van der Waals surface area (Å²) in [6.07, 6.45) is 1.93. The Morgan fingerprint density at radius 3 is 2.74 bits per heavy atom. The molecule has 1 N–H and O–H groups in total. The summed E-state index contributed by atoms with van der Waals surface area (Å²) >= 11 is 0. The van der Waals surface area contributed by atoms with Crippen molar-refractivity contribution in [3.8, 4) is 0 Å². The van der Waals surface area contributed by atoms with Crippen molar-refractivity contribution >= 4 is 5.95 Å². The Bertz CT molecular complexity index is 373. The molecule has 1 aliphatic rings. The molecule has 0 aliphatic carbocycles. The first-order valence-corrected chi connectivity index (χ1v) is 7.18. The topological polar surface area (TPSA) is 57.4 Å². The number of hydrogen-bond donors (Lipinski definition) is 1. The highest BCUT2D eigenvalue weighted by molar-refractivity contribution is 5.28. The Hall–Kier alpha value is -1.14. The first kappa shape index (κ1) is 14.3. The number of hydrogen-bond acceptors (Lipinski definition) is 6. The molecule has 0 bridgehead atoms. The maximum Gasteiger partial charge on any atom is 0.266 e. The number of rotatable bonds is 6. The molecule has 1 unspecified atom stereocenters. The van der Waals surface area contributed by atoms with Crippen molar-refractivity contribution in [3.63, 3.8) is 0 Å². The number of likely N-dealkylation sites (N-methyl/N-ethyl adjacent to an activating group) is 1. The van der Waals surface area contributed by atoms with Gasteiger partial charge in [-0.25, -0.2) is 0 Å². The van der Waals surface area contributed by atoms with E-state index in [4.69, 9.17) is 4.52 Å². The van der Waals surface area contributed by atoms with Crippen LogP contribution >= 0.6 is 0 Å². The van der Waals surface area contributed by atoms with Gasteiger partial charge in [-0.3, -0.25) is 0 Å². The summed E-state index contributed by atoms with van der Waals surface area (Å²) in [5.41, 5.74) is 0. The van der Waals surface area contributed by atoms with Gasteiger partial charge in [0, 0.05) is 38.6 Å². The molecule has 0 spiro atoms. The highest BCUT2D eigenvalue weighted by atomic mass is 16.5. The zero-order chi connectivity index (χ0) is 13.7. The first-order chi connectivity index (χ1) is 9.19. The van der Waals surface area contributed by atoms with Crippen molar-refractivity contribution in [2.45, 2.75) is 32.7 Å². The van der Waals surface area contributed by atoms with E-state index in [1.807, 2.05) is 0 Å². The van der Waals surface area contributed by atoms with Crippen LogP contribution in [0.2, 0.25) is 0 Å². The monoisotopic (exact) mass is 267 g/mol. The Kier molecular flexibility index (Phi) is 5.15. The van der Waals surface area contributed by atoms with Gasteiger partial charge < -0.3 is 19.6 Å². The van der Waals surface area contributed by atoms with Crippen LogP contribution in [-0.4, -0.2) is 60.9 Å². The van der Waals surface area contributed by atoms with E-state index in [9.17, 15) is 0 Å². The molecule has 1 fully saturated rings. The zero-order valence-electron chi connectivity index (χ0n) is 12.2. The predicted octanol–water partition coefficient (Wildman–Crippen LogP) is 0.752. The third-order valence-corrected chi connectivity index (χ3v) is 3.47. The molecule has 1 aromatic rings. The number of aromatic nitrogens is 2. The summed E-state index contributed by atoms with van der Waals surface area (Å²) in [6, 6.07) is 0.376. The normalized spacial score (nSPS) is 18.8. The number of piperazine rings is 1. The smallest absolute Gasteiger partial charge is 0.266 e. The van der Waals surface area contributed by atoms with Crippen LogP contribution in [-0.2, 0) is 6.42 Å². The summed E-state index contributed by atoms with van der Waals surface area (Å²) in [6.45, 7) is 9.39. The van der Waals surface area contributed by atoms with Crippen LogP contribution in [0, 0.1) is 0 Å². The quantitative estimate of drug-likeness (QED) is 0.821. The van der Waals surface area contributed by atoms with E-state index in [1.54, 1.807) is 0 Å². The molecule has 1 aromatic heterocycles. The van der Waals surface area contributed by atoms with Gasteiger partial charge in [0.25, 0.3) is 5.95 Å². The molecule has 0 aromatic carbocycles. The lowest BCUT2D eigenvalue weighted by Crippen LogP contribution is -2.44. The molecule has 1 saturated heterocycles. The lowest BCUT2D eigenvalue weighted by atomic mass is 10.2. The van der Waals surface area contributed by atoms with E-state index in [1.165, 1.54) is 0 Å². The number of nitrogens with zero attached hydrogens (tertiary/aromatic N) is 4. The van der Waals surface area contributed by atoms with E-state index < -0.39 is 0 Å². The highest BCUT2D eigenvalue weighted by Crippen LogP contribution is 2.12. The lowest BCUT2D eigenvalue weighted by Gasteiger charge is -2.31. The van der Waals surface area contributed by atoms with Gasteiger partial charge >= 0.3 is 0 Å². The molecule has 0 amide bonds. The van der Waals surface area contributed by atoms with Crippen molar-refractivity contribution in [2.24, 2.45) is 0 Å². The third-order valence-electron chi connectivity index (χ3n) is 3.47. The van der Waals surface area contributed by atoms with Gasteiger partial charge in [-0.2, -0.15) is 4.98 Å². The fourth-order valence-corrected chi connectivity index (χ4v) is 2.19. The summed E-state index contributed by atoms with van der Waals surface area (Å²) < 4.78 is 5.34. The van der Waals surface area contributed by atoms with Crippen molar-refractivity contribution < 1.29 is 4.52 Å². The molecule has 1 atom stereocenters. The molecule has 2 heterocycles. The van der Waals surface area contributed by atoms with Crippen LogP contribution in [0.4, 0.5) is 5.95 Å². The standard InChI is InChI=1S/C13H25N5O/c1-4-5-14-11(2)10-12-15-13(16-19-12)18-8-6-17(3)7-9-18/h11,14H,4-10H2,1-3H3. The number of anilines is 1. The van der Waals surface area contributed by atoms with Gasteiger partial charge in [0.05, 0.1) is 0 Å². The van der Waals surface area contributed by atoms with Crippen LogP contribution in [0.25, 0.3) is 0 Å². The second-order valence-corrected chi connectivity index (χ2v) is 5.34. The van der Waals surface area contributed by atoms with Gasteiger partial charge in [0.1, 0.15) is 0 Å². The van der Waals surface area contributed by atoms with E-state index in [0.29, 0.717) is 6.04 Å². The van der Waals surface area contributed by atoms with Crippen molar-refractivity contribution in [1.82, 2.24) is 20.4 Å². The summed E-state index contributed by atoms with van der Waals surface area (Å²) in [4.78, 5) is 9.00. The summed E-state index contributed by atoms with van der Waals surface area (Å²) in [5, 5.41) is 7.52. The molecule has 6 nitrogen and oxygen atoms in total. The minimum Gasteiger partial charge on any atom is -0.337 e. The van der Waals surface area contributed by atoms with E-state index in [2.05, 4.69) is 46.2 Å². The Morgan fingerprint density at radius 1 is 1.32 bits per heavy atom. The third kappa shape index (κ3) is 4.18. The largest absolute Gasteiger partial charge is 0.337 e. The van der Waals surface area contributed by atoms with E-state index >= 15 is 0 Å². The lowest BCUT2D eigenvalue weighted by molar-refractivity contribution is 0.308. The van der Waals surface area contributed by atoms with Crippen molar-refractivity contribution in [1.29, 1.82) is 0 Å². The SMILES string of the molecule is CCCNC(C)Cc1nc(N2CCN(C)CC2)no1. The Balaban J connectivity index is 1.84. The maximum absolute atomic E-state index is 5.34. The molecule has 1 aliphatic heterocycles. The van der Waals surface area contributed by atoms with Gasteiger partial charge in [0.15, 0.2) is 0 Å². The molecule has 0 radical (unpaired) electrons. The first-order valence-electron chi connectivity index (χ1n) is 7.18. The van der Waals surface area contributed by atoms with Crippen LogP contribution in [0.1, 0.15) is 26.2 Å². The molecule has 2 rings (SSSR count). The Labute approximate surface area is 115 Å². The van der Waals surface area contributed by atoms with Crippen molar-refractivity contribution in [3.05, 3.63) is 5.89 Å². The minimum atomic E-state index is 0.376. The van der Waals surface area contributed by atoms with Gasteiger partial charge in [-0.05, 0) is 32.1 Å². The summed E-state index contributed by atoms with van der Waals surface area (Å²) in [5.74, 6) is 1.47. The molecule has 6 heteroatoms. The van der Waals surface area contributed by atoms with Gasteiger partial charge in [-0.15, -0.1) is 0 Å². The second-order valence-electron chi connectivity index (χ2n) is 5.34. The molecular weight excluding hydrogens is 242 g/mol. The number of nitrogens with one attached hydrogen (secondary N) is 1. The van der Waals surface area contributed by atoms with E-state index in [0.717, 1.165) is 57.4 Å².